The summed E-state index contributed by atoms with van der Waals surface area (Å²) < 4.78 is 7.97. The number of furan rings is 1. The highest BCUT2D eigenvalue weighted by atomic mass is 35.5. The van der Waals surface area contributed by atoms with Crippen LogP contribution in [0.15, 0.2) is 28.7 Å². The van der Waals surface area contributed by atoms with E-state index in [1.807, 2.05) is 11.0 Å². The minimum absolute atomic E-state index is 0. The third kappa shape index (κ3) is 3.38. The Morgan fingerprint density at radius 1 is 1.18 bits per heavy atom. The second-order valence-electron chi connectivity index (χ2n) is 7.16. The summed E-state index contributed by atoms with van der Waals surface area (Å²) in [5, 5.41) is 13.5. The molecule has 1 saturated heterocycles. The Labute approximate surface area is 173 Å². The molecule has 3 aromatic rings. The molecular formula is C19H21Cl2N5O2. The zero-order valence-electron chi connectivity index (χ0n) is 15.2. The number of piperidine rings is 1. The molecule has 0 saturated carbocycles. The normalized spacial score (nSPS) is 17.4. The van der Waals surface area contributed by atoms with Crippen LogP contribution in [0.1, 0.15) is 41.0 Å². The lowest BCUT2D eigenvalue weighted by molar-refractivity contribution is 0.0680. The fraction of sp³-hybridized carbons (Fsp3) is 0.421. The number of aromatic nitrogens is 3. The van der Waals surface area contributed by atoms with Crippen molar-refractivity contribution in [1.29, 1.82) is 0 Å². The highest BCUT2D eigenvalue weighted by Gasteiger charge is 2.30. The first kappa shape index (κ1) is 19.2. The van der Waals surface area contributed by atoms with Crippen molar-refractivity contribution >= 4 is 40.9 Å². The second-order valence-corrected chi connectivity index (χ2v) is 7.60. The Balaban J connectivity index is 0.00000192. The maximum Gasteiger partial charge on any atom is 0.289 e. The number of likely N-dealkylation sites (tertiary alicyclic amines) is 1. The lowest BCUT2D eigenvalue weighted by atomic mass is 9.95. The number of carbonyl (C=O) groups excluding carboxylic acids is 1. The molecule has 0 spiro atoms. The molecule has 0 atom stereocenters. The van der Waals surface area contributed by atoms with Crippen LogP contribution in [0.2, 0.25) is 5.02 Å². The molecule has 7 nitrogen and oxygen atoms in total. The fourth-order valence-electron chi connectivity index (χ4n) is 4.03. The molecule has 1 amide bonds. The third-order valence-electron chi connectivity index (χ3n) is 5.49. The predicted molar refractivity (Wildman–Crippen MR) is 108 cm³/mol. The van der Waals surface area contributed by atoms with E-state index in [4.69, 9.17) is 16.0 Å². The van der Waals surface area contributed by atoms with Gasteiger partial charge in [0.2, 0.25) is 0 Å². The zero-order chi connectivity index (χ0) is 18.4. The van der Waals surface area contributed by atoms with Gasteiger partial charge >= 0.3 is 0 Å². The maximum atomic E-state index is 12.8. The summed E-state index contributed by atoms with van der Waals surface area (Å²) in [4.78, 5) is 14.7. The molecule has 9 heteroatoms. The van der Waals surface area contributed by atoms with E-state index < -0.39 is 0 Å². The van der Waals surface area contributed by atoms with Gasteiger partial charge in [0.05, 0.1) is 6.54 Å². The molecule has 2 aliphatic heterocycles. The van der Waals surface area contributed by atoms with Crippen molar-refractivity contribution in [3.63, 3.8) is 0 Å². The molecule has 0 aliphatic carbocycles. The van der Waals surface area contributed by atoms with Gasteiger partial charge in [-0.2, -0.15) is 0 Å². The molecule has 148 valence electrons. The lowest BCUT2D eigenvalue weighted by Crippen LogP contribution is -2.38. The molecule has 1 N–H and O–H groups in total. The van der Waals surface area contributed by atoms with E-state index in [0.717, 1.165) is 49.5 Å². The van der Waals surface area contributed by atoms with Crippen LogP contribution in [-0.4, -0.2) is 45.2 Å². The van der Waals surface area contributed by atoms with Gasteiger partial charge in [0.1, 0.15) is 17.2 Å². The van der Waals surface area contributed by atoms with E-state index in [1.165, 1.54) is 0 Å². The summed E-state index contributed by atoms with van der Waals surface area (Å²) in [5.41, 5.74) is 0.682. The quantitative estimate of drug-likeness (QED) is 0.687. The molecule has 2 aromatic heterocycles. The molecule has 1 aromatic carbocycles. The van der Waals surface area contributed by atoms with E-state index in [1.54, 1.807) is 18.2 Å². The first-order valence-electron chi connectivity index (χ1n) is 9.30. The van der Waals surface area contributed by atoms with Gasteiger partial charge in [-0.3, -0.25) is 4.79 Å². The summed E-state index contributed by atoms with van der Waals surface area (Å²) in [6.45, 7) is 4.04. The Bertz CT molecular complexity index is 1010. The van der Waals surface area contributed by atoms with Crippen molar-refractivity contribution in [2.24, 2.45) is 0 Å². The molecule has 0 radical (unpaired) electrons. The molecule has 28 heavy (non-hydrogen) atoms. The number of benzene rings is 1. The van der Waals surface area contributed by atoms with Crippen molar-refractivity contribution in [3.05, 3.63) is 46.7 Å². The number of halogens is 2. The zero-order valence-corrected chi connectivity index (χ0v) is 16.8. The monoisotopic (exact) mass is 421 g/mol. The first-order chi connectivity index (χ1) is 13.2. The van der Waals surface area contributed by atoms with Gasteiger partial charge in [-0.1, -0.05) is 11.6 Å². The van der Waals surface area contributed by atoms with E-state index in [2.05, 4.69) is 20.1 Å². The summed E-state index contributed by atoms with van der Waals surface area (Å²) in [6.07, 6.45) is 1.78. The van der Waals surface area contributed by atoms with Gasteiger partial charge in [-0.05, 0) is 37.1 Å². The van der Waals surface area contributed by atoms with Gasteiger partial charge in [-0.25, -0.2) is 0 Å². The highest BCUT2D eigenvalue weighted by molar-refractivity contribution is 6.31. The number of fused-ring (bicyclic) bond motifs is 2. The number of nitrogens with one attached hydrogen (secondary N) is 1. The van der Waals surface area contributed by atoms with E-state index >= 15 is 0 Å². The maximum absolute atomic E-state index is 12.8. The largest absolute Gasteiger partial charge is 0.451 e. The average Bonchev–Trinajstić information content (AvgIpc) is 3.31. The number of carbonyl (C=O) groups is 1. The van der Waals surface area contributed by atoms with Crippen LogP contribution in [0.5, 0.6) is 0 Å². The number of rotatable bonds is 2. The van der Waals surface area contributed by atoms with Gasteiger partial charge in [0, 0.05) is 42.5 Å². The molecule has 2 aliphatic rings. The molecule has 0 unspecified atom stereocenters. The van der Waals surface area contributed by atoms with Crippen molar-refractivity contribution in [2.75, 3.05) is 19.6 Å². The van der Waals surface area contributed by atoms with Crippen LogP contribution in [0.3, 0.4) is 0 Å². The smallest absolute Gasteiger partial charge is 0.289 e. The van der Waals surface area contributed by atoms with Gasteiger partial charge in [0.15, 0.2) is 5.76 Å². The number of hydrogen-bond acceptors (Lipinski definition) is 5. The minimum atomic E-state index is -0.0618. The second kappa shape index (κ2) is 7.73. The minimum Gasteiger partial charge on any atom is -0.451 e. The first-order valence-corrected chi connectivity index (χ1v) is 9.68. The average molecular weight is 422 g/mol. The summed E-state index contributed by atoms with van der Waals surface area (Å²) in [7, 11) is 0. The number of hydrogen-bond donors (Lipinski definition) is 1. The van der Waals surface area contributed by atoms with Crippen molar-refractivity contribution in [3.8, 4) is 0 Å². The fourth-order valence-corrected chi connectivity index (χ4v) is 4.21. The van der Waals surface area contributed by atoms with Crippen molar-refractivity contribution in [1.82, 2.24) is 25.0 Å². The van der Waals surface area contributed by atoms with Gasteiger partial charge in [-0.15, -0.1) is 22.6 Å². The van der Waals surface area contributed by atoms with Crippen LogP contribution in [0.25, 0.3) is 11.0 Å². The van der Waals surface area contributed by atoms with Gasteiger partial charge in [0.25, 0.3) is 5.91 Å². The van der Waals surface area contributed by atoms with Crippen LogP contribution in [0, 0.1) is 0 Å². The molecule has 4 heterocycles. The number of amides is 1. The Kier molecular flexibility index (Phi) is 5.31. The lowest BCUT2D eigenvalue weighted by Gasteiger charge is -2.31. The standard InChI is InChI=1S/C19H20ClN5O2.ClH/c20-14-1-2-15-13(9-14)10-16(27-15)19(26)24-6-3-12(4-7-24)18-23-22-17-11-21-5-8-25(17)18;/h1-2,9-10,12,21H,3-8,11H2;1H. The summed E-state index contributed by atoms with van der Waals surface area (Å²) in [6, 6.07) is 7.15. The predicted octanol–water partition coefficient (Wildman–Crippen LogP) is 3.22. The third-order valence-corrected chi connectivity index (χ3v) is 5.72. The van der Waals surface area contributed by atoms with Crippen LogP contribution in [-0.2, 0) is 13.1 Å². The number of nitrogens with zero attached hydrogens (tertiary/aromatic N) is 4. The molecule has 1 fully saturated rings. The van der Waals surface area contributed by atoms with Crippen LogP contribution >= 0.6 is 24.0 Å². The van der Waals surface area contributed by atoms with E-state index in [0.29, 0.717) is 35.4 Å². The van der Waals surface area contributed by atoms with Crippen LogP contribution in [0.4, 0.5) is 0 Å². The Hall–Kier alpha value is -2.09. The van der Waals surface area contributed by atoms with E-state index in [9.17, 15) is 4.79 Å². The molecule has 0 bridgehead atoms. The Morgan fingerprint density at radius 2 is 2.00 bits per heavy atom. The summed E-state index contributed by atoms with van der Waals surface area (Å²) in [5.74, 6) is 2.74. The topological polar surface area (TPSA) is 76.2 Å². The summed E-state index contributed by atoms with van der Waals surface area (Å²) >= 11 is 6.02. The van der Waals surface area contributed by atoms with Crippen molar-refractivity contribution in [2.45, 2.75) is 31.8 Å². The molecular weight excluding hydrogens is 401 g/mol. The van der Waals surface area contributed by atoms with Crippen molar-refractivity contribution < 1.29 is 9.21 Å². The Morgan fingerprint density at radius 3 is 2.82 bits per heavy atom. The van der Waals surface area contributed by atoms with E-state index in [-0.39, 0.29) is 18.3 Å². The van der Waals surface area contributed by atoms with Crippen LogP contribution < -0.4 is 5.32 Å². The highest BCUT2D eigenvalue weighted by Crippen LogP contribution is 2.30. The molecule has 5 rings (SSSR count). The SMILES string of the molecule is Cl.O=C(c1cc2cc(Cl)ccc2o1)N1CCC(c2nnc3n2CCNC3)CC1. The van der Waals surface area contributed by atoms with Gasteiger partial charge < -0.3 is 19.2 Å².